The largest absolute Gasteiger partial charge is 0.397 e. The normalized spacial score (nSPS) is 10.5. The van der Waals surface area contributed by atoms with Crippen LogP contribution in [-0.2, 0) is 4.74 Å². The van der Waals surface area contributed by atoms with Gasteiger partial charge in [-0.2, -0.15) is 0 Å². The minimum Gasteiger partial charge on any atom is -0.397 e. The molecule has 96 valence electrons. The Balaban J connectivity index is 2.34. The van der Waals surface area contributed by atoms with Crippen LogP contribution in [0.3, 0.4) is 0 Å². The van der Waals surface area contributed by atoms with E-state index in [0.717, 1.165) is 38.3 Å². The highest BCUT2D eigenvalue weighted by Crippen LogP contribution is 2.30. The topological polar surface area (TPSA) is 47.3 Å². The highest BCUT2D eigenvalue weighted by Gasteiger charge is 2.04. The fourth-order valence-corrected chi connectivity index (χ4v) is 1.69. The third-order valence-corrected chi connectivity index (χ3v) is 2.94. The molecule has 0 heterocycles. The van der Waals surface area contributed by atoms with Gasteiger partial charge in [0.2, 0.25) is 0 Å². The Labute approximate surface area is 112 Å². The van der Waals surface area contributed by atoms with Crippen molar-refractivity contribution in [3.05, 3.63) is 22.2 Å². The first kappa shape index (κ1) is 14.4. The lowest BCUT2D eigenvalue weighted by Crippen LogP contribution is -2.07. The minimum absolute atomic E-state index is 0.473. The van der Waals surface area contributed by atoms with E-state index in [1.807, 2.05) is 0 Å². The van der Waals surface area contributed by atoms with Crippen LogP contribution < -0.4 is 11.1 Å². The van der Waals surface area contributed by atoms with E-state index in [2.05, 4.69) is 12.2 Å². The second kappa shape index (κ2) is 7.64. The lowest BCUT2D eigenvalue weighted by molar-refractivity contribution is 0.134. The number of nitrogens with two attached hydrogens (primary N) is 1. The van der Waals surface area contributed by atoms with Crippen LogP contribution in [0.1, 0.15) is 19.8 Å². The molecule has 3 N–H and O–H groups in total. The van der Waals surface area contributed by atoms with Crippen molar-refractivity contribution in [1.29, 1.82) is 0 Å². The Kier molecular flexibility index (Phi) is 6.48. The standard InChI is InChI=1S/C12H18Cl2N2O/c1-2-5-17-6-3-4-16-12-8-10(14)9(13)7-11(12)15/h7-8,16H,2-6,15H2,1H3. The number of nitrogens with one attached hydrogen (secondary N) is 1. The molecule has 1 aromatic rings. The summed E-state index contributed by atoms with van der Waals surface area (Å²) in [5.41, 5.74) is 7.24. The second-order valence-corrected chi connectivity index (χ2v) is 4.56. The van der Waals surface area contributed by atoms with Gasteiger partial charge in [-0.3, -0.25) is 0 Å². The Morgan fingerprint density at radius 2 is 1.94 bits per heavy atom. The highest BCUT2D eigenvalue weighted by molar-refractivity contribution is 6.42. The van der Waals surface area contributed by atoms with Gasteiger partial charge in [0.15, 0.2) is 0 Å². The van der Waals surface area contributed by atoms with Crippen molar-refractivity contribution < 1.29 is 4.74 Å². The maximum absolute atomic E-state index is 5.91. The number of nitrogen functional groups attached to an aromatic ring is 1. The number of anilines is 2. The zero-order valence-corrected chi connectivity index (χ0v) is 11.4. The summed E-state index contributed by atoms with van der Waals surface area (Å²) in [5, 5.41) is 4.19. The molecule has 1 rings (SSSR count). The summed E-state index contributed by atoms with van der Waals surface area (Å²) in [4.78, 5) is 0. The van der Waals surface area contributed by atoms with E-state index >= 15 is 0 Å². The van der Waals surface area contributed by atoms with Gasteiger partial charge in [0.1, 0.15) is 0 Å². The average Bonchev–Trinajstić information content (AvgIpc) is 2.30. The first-order valence-corrected chi connectivity index (χ1v) is 6.47. The Morgan fingerprint density at radius 1 is 1.24 bits per heavy atom. The highest BCUT2D eigenvalue weighted by atomic mass is 35.5. The van der Waals surface area contributed by atoms with Gasteiger partial charge in [0.05, 0.1) is 21.4 Å². The number of rotatable bonds is 7. The Hall–Kier alpha value is -0.640. The van der Waals surface area contributed by atoms with Gasteiger partial charge in [-0.15, -0.1) is 0 Å². The van der Waals surface area contributed by atoms with Gasteiger partial charge >= 0.3 is 0 Å². The van der Waals surface area contributed by atoms with Crippen molar-refractivity contribution in [2.45, 2.75) is 19.8 Å². The summed E-state index contributed by atoms with van der Waals surface area (Å²) >= 11 is 11.8. The number of hydrogen-bond acceptors (Lipinski definition) is 3. The SMILES string of the molecule is CCCOCCCNc1cc(Cl)c(Cl)cc1N. The molecular weight excluding hydrogens is 259 g/mol. The molecule has 0 aromatic heterocycles. The summed E-state index contributed by atoms with van der Waals surface area (Å²) < 4.78 is 5.38. The smallest absolute Gasteiger partial charge is 0.0614 e. The van der Waals surface area contributed by atoms with Crippen LogP contribution in [0.25, 0.3) is 0 Å². The molecular formula is C12H18Cl2N2O. The van der Waals surface area contributed by atoms with Crippen molar-refractivity contribution in [2.24, 2.45) is 0 Å². The number of halogens is 2. The van der Waals surface area contributed by atoms with Crippen LogP contribution in [0, 0.1) is 0 Å². The van der Waals surface area contributed by atoms with Crippen LogP contribution in [0.4, 0.5) is 11.4 Å². The monoisotopic (exact) mass is 276 g/mol. The maximum atomic E-state index is 5.91. The molecule has 1 aromatic carbocycles. The molecule has 0 amide bonds. The van der Waals surface area contributed by atoms with Gasteiger partial charge in [0, 0.05) is 19.8 Å². The lowest BCUT2D eigenvalue weighted by Gasteiger charge is -2.10. The van der Waals surface area contributed by atoms with Crippen LogP contribution in [0.2, 0.25) is 10.0 Å². The predicted octanol–water partition coefficient (Wildman–Crippen LogP) is 3.80. The Morgan fingerprint density at radius 3 is 2.65 bits per heavy atom. The number of ether oxygens (including phenoxy) is 1. The van der Waals surface area contributed by atoms with E-state index in [9.17, 15) is 0 Å². The first-order valence-electron chi connectivity index (χ1n) is 5.71. The zero-order valence-electron chi connectivity index (χ0n) is 9.93. The number of benzene rings is 1. The molecule has 0 radical (unpaired) electrons. The van der Waals surface area contributed by atoms with E-state index in [0.29, 0.717) is 15.7 Å². The zero-order chi connectivity index (χ0) is 12.7. The van der Waals surface area contributed by atoms with Gasteiger partial charge in [-0.25, -0.2) is 0 Å². The summed E-state index contributed by atoms with van der Waals surface area (Å²) in [5.74, 6) is 0. The average molecular weight is 277 g/mol. The van der Waals surface area contributed by atoms with Crippen LogP contribution in [-0.4, -0.2) is 19.8 Å². The fraction of sp³-hybridized carbons (Fsp3) is 0.500. The number of hydrogen-bond donors (Lipinski definition) is 2. The predicted molar refractivity (Wildman–Crippen MR) is 75.1 cm³/mol. The molecule has 0 aliphatic heterocycles. The third-order valence-electron chi connectivity index (χ3n) is 2.22. The molecule has 5 heteroatoms. The minimum atomic E-state index is 0.473. The molecule has 0 fully saturated rings. The fourth-order valence-electron chi connectivity index (χ4n) is 1.36. The molecule has 0 aliphatic rings. The summed E-state index contributed by atoms with van der Waals surface area (Å²) in [6.45, 7) is 4.46. The van der Waals surface area contributed by atoms with E-state index in [1.54, 1.807) is 12.1 Å². The molecule has 0 atom stereocenters. The third kappa shape index (κ3) is 5.02. The molecule has 3 nitrogen and oxygen atoms in total. The molecule has 0 saturated carbocycles. The Bertz CT molecular complexity index is 359. The van der Waals surface area contributed by atoms with Crippen molar-refractivity contribution >= 4 is 34.6 Å². The van der Waals surface area contributed by atoms with E-state index in [4.69, 9.17) is 33.7 Å². The van der Waals surface area contributed by atoms with Crippen molar-refractivity contribution in [2.75, 3.05) is 30.8 Å². The summed E-state index contributed by atoms with van der Waals surface area (Å²) in [6, 6.07) is 3.39. The van der Waals surface area contributed by atoms with Gasteiger partial charge < -0.3 is 15.8 Å². The molecule has 0 saturated heterocycles. The maximum Gasteiger partial charge on any atom is 0.0614 e. The summed E-state index contributed by atoms with van der Waals surface area (Å²) in [6.07, 6.45) is 1.98. The molecule has 0 aliphatic carbocycles. The molecule has 0 bridgehead atoms. The van der Waals surface area contributed by atoms with E-state index < -0.39 is 0 Å². The summed E-state index contributed by atoms with van der Waals surface area (Å²) in [7, 11) is 0. The van der Waals surface area contributed by atoms with Gasteiger partial charge in [-0.1, -0.05) is 30.1 Å². The van der Waals surface area contributed by atoms with Crippen LogP contribution in [0.5, 0.6) is 0 Å². The van der Waals surface area contributed by atoms with Gasteiger partial charge in [0.25, 0.3) is 0 Å². The van der Waals surface area contributed by atoms with E-state index in [1.165, 1.54) is 0 Å². The van der Waals surface area contributed by atoms with Crippen molar-refractivity contribution in [3.63, 3.8) is 0 Å². The first-order chi connectivity index (χ1) is 8.15. The van der Waals surface area contributed by atoms with Crippen molar-refractivity contribution in [1.82, 2.24) is 0 Å². The molecule has 17 heavy (non-hydrogen) atoms. The quantitative estimate of drug-likeness (QED) is 0.588. The van der Waals surface area contributed by atoms with Crippen LogP contribution in [0.15, 0.2) is 12.1 Å². The second-order valence-electron chi connectivity index (χ2n) is 3.75. The van der Waals surface area contributed by atoms with Gasteiger partial charge in [-0.05, 0) is 25.0 Å². The van der Waals surface area contributed by atoms with Crippen molar-refractivity contribution in [3.8, 4) is 0 Å². The molecule has 0 unspecified atom stereocenters. The lowest BCUT2D eigenvalue weighted by atomic mass is 10.2. The van der Waals surface area contributed by atoms with E-state index in [-0.39, 0.29) is 0 Å². The molecule has 0 spiro atoms. The van der Waals surface area contributed by atoms with Crippen LogP contribution >= 0.6 is 23.2 Å².